The fourth-order valence-electron chi connectivity index (χ4n) is 2.76. The van der Waals surface area contributed by atoms with Crippen molar-refractivity contribution in [3.63, 3.8) is 0 Å². The molecule has 0 atom stereocenters. The first-order valence-corrected chi connectivity index (χ1v) is 9.20. The zero-order valence-electron chi connectivity index (χ0n) is 14.5. The molecule has 0 radical (unpaired) electrons. The molecule has 0 aliphatic rings. The number of carbonyl (C=O) groups excluding carboxylic acids is 1. The smallest absolute Gasteiger partial charge is 0.267 e. The molecule has 1 heterocycles. The van der Waals surface area contributed by atoms with E-state index in [9.17, 15) is 4.79 Å². The molecule has 0 saturated heterocycles. The maximum Gasteiger partial charge on any atom is 0.269 e. The van der Waals surface area contributed by atoms with Crippen molar-refractivity contribution < 1.29 is 4.79 Å². The molecule has 138 valence electrons. The Morgan fingerprint density at radius 1 is 0.821 bits per heavy atom. The van der Waals surface area contributed by atoms with E-state index in [2.05, 4.69) is 20.8 Å². The summed E-state index contributed by atoms with van der Waals surface area (Å²) < 4.78 is 0. The van der Waals surface area contributed by atoms with Crippen LogP contribution in [0.4, 0.5) is 5.95 Å². The topological polar surface area (TPSA) is 66.9 Å². The van der Waals surface area contributed by atoms with Crippen LogP contribution < -0.4 is 10.9 Å². The Bertz CT molecular complexity index is 1150. The SMILES string of the molecule is O=C(NNc1nc(-c2ccccc2)c2cc(Cl)ccc2n1)c1ccc(Cl)cc1. The Morgan fingerprint density at radius 3 is 2.29 bits per heavy atom. The van der Waals surface area contributed by atoms with Crippen LogP contribution in [0.25, 0.3) is 22.2 Å². The van der Waals surface area contributed by atoms with E-state index in [1.165, 1.54) is 0 Å². The molecule has 5 nitrogen and oxygen atoms in total. The first-order chi connectivity index (χ1) is 13.6. The van der Waals surface area contributed by atoms with Gasteiger partial charge in [-0.2, -0.15) is 0 Å². The second-order valence-electron chi connectivity index (χ2n) is 6.01. The number of benzene rings is 3. The molecule has 28 heavy (non-hydrogen) atoms. The van der Waals surface area contributed by atoms with Gasteiger partial charge in [0.2, 0.25) is 5.95 Å². The van der Waals surface area contributed by atoms with Crippen LogP contribution in [0.5, 0.6) is 0 Å². The Hall–Kier alpha value is -3.15. The van der Waals surface area contributed by atoms with Crippen molar-refractivity contribution in [3.8, 4) is 11.3 Å². The molecule has 1 amide bonds. The predicted molar refractivity (Wildman–Crippen MR) is 113 cm³/mol. The van der Waals surface area contributed by atoms with Crippen molar-refractivity contribution in [2.75, 3.05) is 5.43 Å². The molecule has 4 aromatic rings. The van der Waals surface area contributed by atoms with Crippen LogP contribution in [0, 0.1) is 0 Å². The maximum absolute atomic E-state index is 12.3. The largest absolute Gasteiger partial charge is 0.269 e. The minimum absolute atomic E-state index is 0.274. The monoisotopic (exact) mass is 408 g/mol. The maximum atomic E-state index is 12.3. The number of aromatic nitrogens is 2. The number of carbonyl (C=O) groups is 1. The average Bonchev–Trinajstić information content (AvgIpc) is 2.72. The Labute approximate surface area is 171 Å². The van der Waals surface area contributed by atoms with Gasteiger partial charge in [0.1, 0.15) is 0 Å². The van der Waals surface area contributed by atoms with Crippen LogP contribution in [0.3, 0.4) is 0 Å². The van der Waals surface area contributed by atoms with E-state index in [1.54, 1.807) is 30.3 Å². The number of hydrazine groups is 1. The zero-order chi connectivity index (χ0) is 19.5. The van der Waals surface area contributed by atoms with Gasteiger partial charge in [0, 0.05) is 26.6 Å². The van der Waals surface area contributed by atoms with Gasteiger partial charge in [-0.3, -0.25) is 15.6 Å². The van der Waals surface area contributed by atoms with Crippen LogP contribution in [0.2, 0.25) is 10.0 Å². The van der Waals surface area contributed by atoms with Crippen molar-refractivity contribution >= 4 is 46.0 Å². The highest BCUT2D eigenvalue weighted by Gasteiger charge is 2.12. The number of fused-ring (bicyclic) bond motifs is 1. The molecule has 0 aliphatic heterocycles. The second kappa shape index (κ2) is 7.84. The van der Waals surface area contributed by atoms with Crippen LogP contribution in [0.1, 0.15) is 10.4 Å². The molecule has 3 aromatic carbocycles. The van der Waals surface area contributed by atoms with Crippen LogP contribution in [-0.4, -0.2) is 15.9 Å². The minimum atomic E-state index is -0.322. The van der Waals surface area contributed by atoms with E-state index in [-0.39, 0.29) is 11.9 Å². The molecule has 1 aromatic heterocycles. The summed E-state index contributed by atoms with van der Waals surface area (Å²) in [5.41, 5.74) is 8.21. The summed E-state index contributed by atoms with van der Waals surface area (Å²) in [4.78, 5) is 21.3. The summed E-state index contributed by atoms with van der Waals surface area (Å²) in [5, 5.41) is 1.99. The lowest BCUT2D eigenvalue weighted by atomic mass is 10.1. The van der Waals surface area contributed by atoms with Gasteiger partial charge in [-0.05, 0) is 42.5 Å². The summed E-state index contributed by atoms with van der Waals surface area (Å²) >= 11 is 12.0. The number of nitrogens with zero attached hydrogens (tertiary/aromatic N) is 2. The number of amides is 1. The Morgan fingerprint density at radius 2 is 1.54 bits per heavy atom. The van der Waals surface area contributed by atoms with Gasteiger partial charge >= 0.3 is 0 Å². The van der Waals surface area contributed by atoms with E-state index in [0.717, 1.165) is 16.6 Å². The second-order valence-corrected chi connectivity index (χ2v) is 6.88. The summed E-state index contributed by atoms with van der Waals surface area (Å²) in [6.07, 6.45) is 0. The Balaban J connectivity index is 1.67. The number of rotatable bonds is 4. The van der Waals surface area contributed by atoms with Gasteiger partial charge < -0.3 is 0 Å². The zero-order valence-corrected chi connectivity index (χ0v) is 16.0. The molecule has 0 unspecified atom stereocenters. The first-order valence-electron chi connectivity index (χ1n) is 8.45. The Kier molecular flexibility index (Phi) is 5.10. The van der Waals surface area contributed by atoms with Gasteiger partial charge in [0.15, 0.2) is 0 Å². The third kappa shape index (κ3) is 3.91. The van der Waals surface area contributed by atoms with E-state index in [0.29, 0.717) is 21.1 Å². The van der Waals surface area contributed by atoms with Crippen molar-refractivity contribution in [3.05, 3.63) is 88.4 Å². The van der Waals surface area contributed by atoms with Crippen molar-refractivity contribution in [2.45, 2.75) is 0 Å². The van der Waals surface area contributed by atoms with Crippen LogP contribution in [-0.2, 0) is 0 Å². The summed E-state index contributed by atoms with van der Waals surface area (Å²) in [6.45, 7) is 0. The van der Waals surface area contributed by atoms with Crippen molar-refractivity contribution in [2.24, 2.45) is 0 Å². The number of anilines is 1. The summed E-state index contributed by atoms with van der Waals surface area (Å²) in [6, 6.07) is 21.7. The molecule has 0 saturated carbocycles. The van der Waals surface area contributed by atoms with Crippen LogP contribution >= 0.6 is 23.2 Å². The lowest BCUT2D eigenvalue weighted by molar-refractivity contribution is 0.0962. The standard InChI is InChI=1S/C21H14Cl2N4O/c22-15-8-6-14(7-9-15)20(28)26-27-21-24-18-11-10-16(23)12-17(18)19(25-21)13-4-2-1-3-5-13/h1-12H,(H,26,28)(H,24,25,27). The number of nitrogens with one attached hydrogen (secondary N) is 2. The van der Waals surface area contributed by atoms with Gasteiger partial charge in [0.25, 0.3) is 5.91 Å². The molecule has 2 N–H and O–H groups in total. The van der Waals surface area contributed by atoms with Crippen molar-refractivity contribution in [1.82, 2.24) is 15.4 Å². The normalized spacial score (nSPS) is 10.6. The van der Waals surface area contributed by atoms with Gasteiger partial charge in [0.05, 0.1) is 11.2 Å². The third-order valence-corrected chi connectivity index (χ3v) is 4.59. The highest BCUT2D eigenvalue weighted by molar-refractivity contribution is 6.31. The number of hydrogen-bond acceptors (Lipinski definition) is 4. The molecule has 0 bridgehead atoms. The number of hydrogen-bond donors (Lipinski definition) is 2. The lowest BCUT2D eigenvalue weighted by Gasteiger charge is -2.11. The van der Waals surface area contributed by atoms with Crippen LogP contribution in [0.15, 0.2) is 72.8 Å². The van der Waals surface area contributed by atoms with Crippen molar-refractivity contribution in [1.29, 1.82) is 0 Å². The van der Waals surface area contributed by atoms with E-state index in [4.69, 9.17) is 23.2 Å². The predicted octanol–water partition coefficient (Wildman–Crippen LogP) is 5.36. The molecule has 7 heteroatoms. The highest BCUT2D eigenvalue weighted by Crippen LogP contribution is 2.29. The van der Waals surface area contributed by atoms with Gasteiger partial charge in [-0.1, -0.05) is 53.5 Å². The lowest BCUT2D eigenvalue weighted by Crippen LogP contribution is -2.30. The minimum Gasteiger partial charge on any atom is -0.267 e. The molecule has 0 fully saturated rings. The quantitative estimate of drug-likeness (QED) is 0.446. The fraction of sp³-hybridized carbons (Fsp3) is 0. The molecule has 0 aliphatic carbocycles. The molecule has 4 rings (SSSR count). The highest BCUT2D eigenvalue weighted by atomic mass is 35.5. The van der Waals surface area contributed by atoms with E-state index >= 15 is 0 Å². The fourth-order valence-corrected chi connectivity index (χ4v) is 3.06. The summed E-state index contributed by atoms with van der Waals surface area (Å²) in [5.74, 6) is -0.0475. The summed E-state index contributed by atoms with van der Waals surface area (Å²) in [7, 11) is 0. The molecular weight excluding hydrogens is 395 g/mol. The first kappa shape index (κ1) is 18.2. The average molecular weight is 409 g/mol. The third-order valence-electron chi connectivity index (χ3n) is 4.10. The van der Waals surface area contributed by atoms with E-state index in [1.807, 2.05) is 42.5 Å². The van der Waals surface area contributed by atoms with E-state index < -0.39 is 0 Å². The molecule has 0 spiro atoms. The number of halogens is 2. The molecular formula is C21H14Cl2N4O. The van der Waals surface area contributed by atoms with Gasteiger partial charge in [-0.15, -0.1) is 0 Å². The van der Waals surface area contributed by atoms with Gasteiger partial charge in [-0.25, -0.2) is 9.97 Å².